The van der Waals surface area contributed by atoms with E-state index in [9.17, 15) is 8.42 Å². The van der Waals surface area contributed by atoms with Gasteiger partial charge in [0.15, 0.2) is 0 Å². The molecule has 0 saturated carbocycles. The van der Waals surface area contributed by atoms with Crippen molar-refractivity contribution in [3.05, 3.63) is 0 Å². The number of hydrogen-bond donors (Lipinski definition) is 2. The summed E-state index contributed by atoms with van der Waals surface area (Å²) in [7, 11) is -2.19. The van der Waals surface area contributed by atoms with Gasteiger partial charge >= 0.3 is 0 Å². The summed E-state index contributed by atoms with van der Waals surface area (Å²) in [5.41, 5.74) is 4.85. The van der Waals surface area contributed by atoms with E-state index >= 15 is 0 Å². The molecule has 3 N–H and O–H groups in total. The number of aliphatic hydroxyl groups is 1. The third-order valence-corrected chi connectivity index (χ3v) is 0.632. The largest absolute Gasteiger partial charge is 0.391 e. The second-order valence-corrected chi connectivity index (χ2v) is 1.87. The minimum atomic E-state index is -2.19. The van der Waals surface area contributed by atoms with E-state index in [0.29, 0.717) is 0 Å². The summed E-state index contributed by atoms with van der Waals surface area (Å²) in [4.78, 5) is 0. The molecule has 0 bridgehead atoms. The Balaban J connectivity index is -0.000000107. The standard InChI is InChI=1S/C2H7N.C2H4O3S.ClH/c1-2-3;3-1-2-6(4)5;/h2-3H2,1H3;2-3H,1H2;1H. The lowest BCUT2D eigenvalue weighted by atomic mass is 10.8. The third kappa shape index (κ3) is 44.7. The van der Waals surface area contributed by atoms with Crippen LogP contribution in [0.25, 0.3) is 0 Å². The molecule has 0 aliphatic heterocycles. The van der Waals surface area contributed by atoms with E-state index in [1.54, 1.807) is 0 Å². The monoisotopic (exact) mass is 189 g/mol. The predicted octanol–water partition coefficient (Wildman–Crippen LogP) is -0.953. The van der Waals surface area contributed by atoms with Gasteiger partial charge in [0.1, 0.15) is 0 Å². The van der Waals surface area contributed by atoms with Crippen molar-refractivity contribution in [3.8, 4) is 0 Å². The Labute approximate surface area is 68.0 Å². The van der Waals surface area contributed by atoms with Gasteiger partial charge in [-0.2, -0.15) is 8.42 Å². The summed E-state index contributed by atoms with van der Waals surface area (Å²) >= 11 is 0. The van der Waals surface area contributed by atoms with Gasteiger partial charge in [0.2, 0.25) is 10.3 Å². The van der Waals surface area contributed by atoms with Crippen LogP contribution in [0.5, 0.6) is 0 Å². The Kier molecular flexibility index (Phi) is 26.3. The van der Waals surface area contributed by atoms with E-state index in [-0.39, 0.29) is 12.4 Å². The number of rotatable bonds is 1. The Hall–Kier alpha value is -0.100. The van der Waals surface area contributed by atoms with Crippen LogP contribution in [0.3, 0.4) is 0 Å². The number of aliphatic hydroxyl groups excluding tert-OH is 1. The van der Waals surface area contributed by atoms with Gasteiger partial charge in [0.05, 0.1) is 12.0 Å². The molecule has 64 valence electrons. The van der Waals surface area contributed by atoms with Crippen LogP contribution in [-0.2, 0) is 10.3 Å². The second kappa shape index (κ2) is 16.0. The molecule has 10 heavy (non-hydrogen) atoms. The summed E-state index contributed by atoms with van der Waals surface area (Å²) in [6.07, 6.45) is 0. The highest BCUT2D eigenvalue weighted by atomic mass is 35.5. The molecule has 0 spiro atoms. The molecular formula is C4H12ClNO3S. The first-order valence-corrected chi connectivity index (χ1v) is 3.55. The van der Waals surface area contributed by atoms with Crippen LogP contribution >= 0.6 is 12.4 Å². The highest BCUT2D eigenvalue weighted by Gasteiger charge is 1.62. The molecule has 0 fully saturated rings. The lowest BCUT2D eigenvalue weighted by molar-refractivity contribution is 0.363. The summed E-state index contributed by atoms with van der Waals surface area (Å²) < 4.78 is 18.8. The molecule has 0 aliphatic rings. The summed E-state index contributed by atoms with van der Waals surface area (Å²) in [6, 6.07) is 0. The van der Waals surface area contributed by atoms with E-state index < -0.39 is 16.9 Å². The fourth-order valence-corrected chi connectivity index (χ4v) is 0.183. The van der Waals surface area contributed by atoms with Gasteiger partial charge in [-0.15, -0.1) is 12.4 Å². The smallest absolute Gasteiger partial charge is 0.212 e. The van der Waals surface area contributed by atoms with Gasteiger partial charge in [-0.05, 0) is 6.54 Å². The minimum Gasteiger partial charge on any atom is -0.391 e. The number of hydrogen-bond acceptors (Lipinski definition) is 4. The molecule has 0 radical (unpaired) electrons. The summed E-state index contributed by atoms with van der Waals surface area (Å²) in [5.74, 6) is 0. The summed E-state index contributed by atoms with van der Waals surface area (Å²) in [5, 5.41) is 8.55. The first-order valence-electron chi connectivity index (χ1n) is 2.41. The van der Waals surface area contributed by atoms with Gasteiger partial charge in [0.25, 0.3) is 0 Å². The van der Waals surface area contributed by atoms with E-state index in [0.717, 1.165) is 11.9 Å². The molecule has 0 aliphatic carbocycles. The molecule has 0 aromatic carbocycles. The summed E-state index contributed by atoms with van der Waals surface area (Å²) in [6.45, 7) is 2.25. The van der Waals surface area contributed by atoms with E-state index in [1.807, 2.05) is 6.92 Å². The van der Waals surface area contributed by atoms with Crippen LogP contribution in [0.4, 0.5) is 0 Å². The maximum atomic E-state index is 9.38. The molecular weight excluding hydrogens is 178 g/mol. The molecule has 0 atom stereocenters. The Morgan fingerprint density at radius 3 is 1.90 bits per heavy atom. The van der Waals surface area contributed by atoms with Crippen molar-refractivity contribution in [2.45, 2.75) is 6.92 Å². The Morgan fingerprint density at radius 2 is 1.90 bits per heavy atom. The first kappa shape index (κ1) is 16.5. The second-order valence-electron chi connectivity index (χ2n) is 1.02. The van der Waals surface area contributed by atoms with E-state index in [1.165, 1.54) is 0 Å². The maximum Gasteiger partial charge on any atom is 0.212 e. The van der Waals surface area contributed by atoms with Crippen LogP contribution in [0.2, 0.25) is 0 Å². The molecule has 0 saturated heterocycles. The molecule has 0 aromatic heterocycles. The molecule has 4 nitrogen and oxygen atoms in total. The van der Waals surface area contributed by atoms with Crippen molar-refractivity contribution in [2.75, 3.05) is 13.2 Å². The van der Waals surface area contributed by atoms with Crippen molar-refractivity contribution >= 4 is 28.1 Å². The van der Waals surface area contributed by atoms with Crippen molar-refractivity contribution in [1.29, 1.82) is 0 Å². The third-order valence-electron chi connectivity index (χ3n) is 0.211. The fraction of sp³-hybridized carbons (Fsp3) is 0.750. The fourth-order valence-electron chi connectivity index (χ4n) is 0.0609. The first-order chi connectivity index (χ1) is 4.18. The van der Waals surface area contributed by atoms with Crippen LogP contribution in [-0.4, -0.2) is 32.0 Å². The van der Waals surface area contributed by atoms with Gasteiger partial charge in [0, 0.05) is 0 Å². The van der Waals surface area contributed by atoms with E-state index in [2.05, 4.69) is 0 Å². The Morgan fingerprint density at radius 1 is 1.60 bits per heavy atom. The average molecular weight is 190 g/mol. The highest BCUT2D eigenvalue weighted by molar-refractivity contribution is 7.71. The molecule has 6 heteroatoms. The Bertz CT molecular complexity index is 146. The van der Waals surface area contributed by atoms with Crippen molar-refractivity contribution in [1.82, 2.24) is 0 Å². The number of halogens is 1. The molecule has 0 aromatic rings. The van der Waals surface area contributed by atoms with Crippen LogP contribution < -0.4 is 5.73 Å². The van der Waals surface area contributed by atoms with Crippen molar-refractivity contribution in [3.63, 3.8) is 0 Å². The van der Waals surface area contributed by atoms with E-state index in [4.69, 9.17) is 10.8 Å². The lowest BCUT2D eigenvalue weighted by Crippen LogP contribution is -1.87. The van der Waals surface area contributed by atoms with Gasteiger partial charge in [-0.25, -0.2) is 0 Å². The minimum absolute atomic E-state index is 0. The zero-order valence-electron chi connectivity index (χ0n) is 5.65. The molecule has 0 rings (SSSR count). The zero-order valence-corrected chi connectivity index (χ0v) is 7.28. The molecule has 0 heterocycles. The average Bonchev–Trinajstić information content (AvgIpc) is 1.67. The normalized spacial score (nSPS) is 6.30. The van der Waals surface area contributed by atoms with Gasteiger partial charge in [-0.3, -0.25) is 0 Å². The predicted molar refractivity (Wildman–Crippen MR) is 44.0 cm³/mol. The van der Waals surface area contributed by atoms with Gasteiger partial charge < -0.3 is 10.8 Å². The molecule has 0 amide bonds. The SMILES string of the molecule is CCN.Cl.O=S(=O)=CCO. The highest BCUT2D eigenvalue weighted by Crippen LogP contribution is 1.38. The van der Waals surface area contributed by atoms with Crippen molar-refractivity contribution in [2.24, 2.45) is 5.73 Å². The van der Waals surface area contributed by atoms with Crippen molar-refractivity contribution < 1.29 is 13.5 Å². The quantitative estimate of drug-likeness (QED) is 0.521. The maximum absolute atomic E-state index is 9.38. The van der Waals surface area contributed by atoms with Gasteiger partial charge in [-0.1, -0.05) is 6.92 Å². The zero-order chi connectivity index (χ0) is 7.70. The number of nitrogens with two attached hydrogens (primary N) is 1. The van der Waals surface area contributed by atoms with Crippen LogP contribution in [0, 0.1) is 0 Å². The molecule has 0 unspecified atom stereocenters. The van der Waals surface area contributed by atoms with Crippen LogP contribution in [0.1, 0.15) is 6.92 Å². The van der Waals surface area contributed by atoms with Crippen LogP contribution in [0.15, 0.2) is 0 Å². The topological polar surface area (TPSA) is 80.4 Å². The lowest BCUT2D eigenvalue weighted by Gasteiger charge is -1.59.